The molecule has 0 amide bonds. The number of hydrogen-bond donors (Lipinski definition) is 2. The highest BCUT2D eigenvalue weighted by Crippen LogP contribution is 2.36. The van der Waals surface area contributed by atoms with Crippen LogP contribution in [0.2, 0.25) is 10.0 Å². The van der Waals surface area contributed by atoms with Crippen molar-refractivity contribution in [3.8, 4) is 33.8 Å². The molecule has 0 saturated heterocycles. The molecule has 2 atom stereocenters. The zero-order valence-corrected chi connectivity index (χ0v) is 43.1. The van der Waals surface area contributed by atoms with E-state index in [9.17, 15) is 48.6 Å². The number of carbonyl (C=O) groups is 6. The Morgan fingerprint density at radius 1 is 0.513 bits per heavy atom. The topological polar surface area (TPSA) is 205 Å². The molecular formula is C62H52Cl2N2O12. The molecule has 16 heteroatoms. The number of benzene rings is 6. The molecule has 8 aromatic rings. The number of carboxylic acids is 2. The van der Waals surface area contributed by atoms with Crippen molar-refractivity contribution in [2.24, 2.45) is 0 Å². The van der Waals surface area contributed by atoms with Crippen LogP contribution in [0.3, 0.4) is 0 Å². The molecule has 2 N–H and O–H groups in total. The maximum atomic E-state index is 14.0. The smallest absolute Gasteiger partial charge is 0.335 e. The molecule has 6 aromatic carbocycles. The summed E-state index contributed by atoms with van der Waals surface area (Å²) in [6.45, 7) is 2.62. The van der Waals surface area contributed by atoms with E-state index in [4.69, 9.17) is 51.9 Å². The van der Waals surface area contributed by atoms with E-state index in [1.54, 1.807) is 0 Å². The highest BCUT2D eigenvalue weighted by molar-refractivity contribution is 6.31. The molecular weight excluding hydrogens is 1040 g/mol. The summed E-state index contributed by atoms with van der Waals surface area (Å²) in [6.07, 6.45) is -5.12. The Balaban J connectivity index is 0.000000261. The van der Waals surface area contributed by atoms with E-state index in [0.29, 0.717) is 0 Å². The Hall–Kier alpha value is -8.98. The van der Waals surface area contributed by atoms with E-state index in [1.807, 2.05) is 0 Å². The van der Waals surface area contributed by atoms with Crippen LogP contribution < -0.4 is 20.6 Å². The first kappa shape index (κ1) is 40.3. The lowest BCUT2D eigenvalue weighted by molar-refractivity contribution is -0.122. The van der Waals surface area contributed by atoms with Crippen LogP contribution in [0.25, 0.3) is 22.3 Å². The van der Waals surface area contributed by atoms with Gasteiger partial charge in [0.15, 0.2) is 23.1 Å². The minimum Gasteiger partial charge on any atom is -0.495 e. The molecule has 0 radical (unpaired) electrons. The van der Waals surface area contributed by atoms with E-state index in [1.165, 1.54) is 113 Å². The van der Waals surface area contributed by atoms with Crippen LogP contribution in [0.4, 0.5) is 0 Å². The van der Waals surface area contributed by atoms with Gasteiger partial charge in [-0.3, -0.25) is 28.8 Å². The summed E-state index contributed by atoms with van der Waals surface area (Å²) in [5.74, 6) is -5.13. The van der Waals surface area contributed by atoms with Gasteiger partial charge in [0.1, 0.15) is 11.5 Å². The second-order valence-electron chi connectivity index (χ2n) is 16.9. The molecule has 0 saturated carbocycles. The fraction of sp³-hybridized carbons (Fsp3) is 0.161. The molecule has 0 unspecified atom stereocenters. The van der Waals surface area contributed by atoms with E-state index < -0.39 is 144 Å². The number of carbonyl (C=O) groups excluding carboxylic acids is 4. The van der Waals surface area contributed by atoms with Gasteiger partial charge in [-0.2, -0.15) is 0 Å². The summed E-state index contributed by atoms with van der Waals surface area (Å²) < 4.78 is 131. The second kappa shape index (κ2) is 25.7. The number of ether oxygens (including phenoxy) is 2. The number of halogens is 2. The van der Waals surface area contributed by atoms with Crippen LogP contribution in [-0.4, -0.2) is 68.6 Å². The highest BCUT2D eigenvalue weighted by Gasteiger charge is 2.27. The lowest BCUT2D eigenvalue weighted by Gasteiger charge is -2.21. The largest absolute Gasteiger partial charge is 0.495 e. The highest BCUT2D eigenvalue weighted by atomic mass is 35.5. The van der Waals surface area contributed by atoms with E-state index in [-0.39, 0.29) is 88.7 Å². The molecule has 396 valence electrons. The summed E-state index contributed by atoms with van der Waals surface area (Å²) in [5, 5.41) is 18.9. The first-order valence-corrected chi connectivity index (χ1v) is 23.8. The van der Waals surface area contributed by atoms with E-state index in [0.717, 1.165) is 33.7 Å². The number of pyridine rings is 2. The number of carboxylic acid groups (broad SMARTS) is 2. The molecule has 2 aromatic heterocycles. The Kier molecular flexibility index (Phi) is 13.3. The Morgan fingerprint density at radius 3 is 1.17 bits per heavy atom. The lowest BCUT2D eigenvalue weighted by Crippen LogP contribution is -2.32. The average Bonchev–Trinajstić information content (AvgIpc) is 0.750. The summed E-state index contributed by atoms with van der Waals surface area (Å²) in [7, 11) is 2.49. The number of methoxy groups -OCH3 is 2. The molecule has 0 aliphatic rings. The average molecular weight is 1100 g/mol. The molecule has 8 rings (SSSR count). The minimum atomic E-state index is -3.08. The van der Waals surface area contributed by atoms with Crippen LogP contribution in [-0.2, 0) is 35.2 Å². The molecule has 14 nitrogen and oxygen atoms in total. The predicted molar refractivity (Wildman–Crippen MR) is 298 cm³/mol. The Labute approximate surface area is 478 Å². The van der Waals surface area contributed by atoms with Gasteiger partial charge in [-0.25, -0.2) is 9.59 Å². The maximum absolute atomic E-state index is 14.0. The summed E-state index contributed by atoms with van der Waals surface area (Å²) in [6, 6.07) is 8.42. The number of hydrogen-bond acceptors (Lipinski definition) is 10. The van der Waals surface area contributed by atoms with Crippen molar-refractivity contribution in [1.29, 1.82) is 0 Å². The molecule has 0 spiro atoms. The van der Waals surface area contributed by atoms with Gasteiger partial charge in [0, 0.05) is 75.5 Å². The van der Waals surface area contributed by atoms with Gasteiger partial charge in [0.2, 0.25) is 0 Å². The van der Waals surface area contributed by atoms with Crippen LogP contribution in [0.15, 0.2) is 179 Å². The van der Waals surface area contributed by atoms with Crippen molar-refractivity contribution >= 4 is 58.3 Å². The number of ketones is 4. The minimum absolute atomic E-state index is 0.0650. The van der Waals surface area contributed by atoms with Crippen molar-refractivity contribution in [2.45, 2.75) is 51.5 Å². The summed E-state index contributed by atoms with van der Waals surface area (Å²) in [5.41, 5.74) is -2.10. The molecule has 0 aliphatic carbocycles. The van der Waals surface area contributed by atoms with Gasteiger partial charge in [0.25, 0.3) is 11.1 Å². The van der Waals surface area contributed by atoms with Gasteiger partial charge >= 0.3 is 11.9 Å². The van der Waals surface area contributed by atoms with Gasteiger partial charge in [-0.1, -0.05) is 108 Å². The van der Waals surface area contributed by atoms with Gasteiger partial charge in [0.05, 0.1) is 63.5 Å². The van der Waals surface area contributed by atoms with Crippen LogP contribution in [0.5, 0.6) is 11.5 Å². The third-order valence-corrected chi connectivity index (χ3v) is 12.2. The number of aromatic nitrogens is 2. The summed E-state index contributed by atoms with van der Waals surface area (Å²) in [4.78, 5) is 103. The first-order valence-electron chi connectivity index (χ1n) is 30.1. The van der Waals surface area contributed by atoms with E-state index in [2.05, 4.69) is 0 Å². The summed E-state index contributed by atoms with van der Waals surface area (Å²) >= 11 is 12.4. The quantitative estimate of drug-likeness (QED) is 0.0684. The SMILES string of the molecule is [2H]c1c([2H])c([2H])c(C([2H])([2H])[C@@H](C(=O)Cc2ccc(C(=O)O)cc2)n2cc(OC)c(-c3cc(Cl)ccc3C(C)=O)cc2=O)c([2H])c1[2H].[2H]c1c([2H])c([2H])c(C([2H])([2H])[C@H](C(=O)Cc2ccc(C(=O)O)cc2)n2cc(OC)c(-c3cc(Cl)ccc3C(C)=O)cc2=O)c([2H])c1[2H]. The van der Waals surface area contributed by atoms with Gasteiger partial charge in [-0.15, -0.1) is 0 Å². The van der Waals surface area contributed by atoms with Crippen molar-refractivity contribution in [3.63, 3.8) is 0 Å². The standard InChI is InChI=1S/2C31H26ClNO6/c2*1-19(34)24-13-12-23(32)16-25(24)26-17-30(36)33(18-29(26)39-2)27(14-20-6-4-3-5-7-20)28(35)15-21-8-10-22(11-9-21)31(37)38/h2*3-13,16-18,27H,14-15H2,1-2H3,(H,37,38)/t2*27-/m10/s1/i2*3D,4D,5D,6D,7D,14D2. The van der Waals surface area contributed by atoms with Gasteiger partial charge < -0.3 is 28.8 Å². The fourth-order valence-corrected chi connectivity index (χ4v) is 8.30. The van der Waals surface area contributed by atoms with Crippen LogP contribution in [0.1, 0.15) is 109 Å². The number of aromatic carboxylic acids is 2. The number of Topliss-reactive ketones (excluding diaryl/α,β-unsaturated/α-hetero) is 4. The third kappa shape index (κ3) is 13.9. The van der Waals surface area contributed by atoms with E-state index >= 15 is 0 Å². The molecule has 0 bridgehead atoms. The number of nitrogens with zero attached hydrogens (tertiary/aromatic N) is 2. The molecule has 2 heterocycles. The molecule has 78 heavy (non-hydrogen) atoms. The Bertz CT molecular complexity index is 4150. The second-order valence-corrected chi connectivity index (χ2v) is 17.8. The van der Waals surface area contributed by atoms with Crippen molar-refractivity contribution < 1.29 is 67.6 Å². The normalized spacial score (nSPS) is 14.5. The first-order chi connectivity index (χ1) is 43.0. The van der Waals surface area contributed by atoms with Crippen molar-refractivity contribution in [3.05, 3.63) is 245 Å². The fourth-order valence-electron chi connectivity index (χ4n) is 7.95. The zero-order valence-electron chi connectivity index (χ0n) is 55.6. The van der Waals surface area contributed by atoms with Crippen LogP contribution in [0, 0.1) is 0 Å². The Morgan fingerprint density at radius 2 is 0.859 bits per heavy atom. The predicted octanol–water partition coefficient (Wildman–Crippen LogP) is 11.3. The molecule has 0 fully saturated rings. The molecule has 0 aliphatic heterocycles. The lowest BCUT2D eigenvalue weighted by atomic mass is 9.95. The maximum Gasteiger partial charge on any atom is 0.335 e. The van der Waals surface area contributed by atoms with Gasteiger partial charge in [-0.05, 0) is 108 Å². The van der Waals surface area contributed by atoms with Crippen molar-refractivity contribution in [2.75, 3.05) is 14.2 Å². The van der Waals surface area contributed by atoms with Crippen LogP contribution >= 0.6 is 23.2 Å². The monoisotopic (exact) mass is 1100 g/mol. The third-order valence-electron chi connectivity index (χ3n) is 11.7. The van der Waals surface area contributed by atoms with Crippen molar-refractivity contribution in [1.82, 2.24) is 9.13 Å². The zero-order chi connectivity index (χ0) is 68.5. The number of rotatable bonds is 20.